The van der Waals surface area contributed by atoms with Gasteiger partial charge in [0.1, 0.15) is 11.4 Å². The molecule has 2 rings (SSSR count). The molecule has 1 aromatic heterocycles. The molecule has 0 aliphatic heterocycles. The van der Waals surface area contributed by atoms with E-state index in [1.807, 2.05) is 0 Å². The molecule has 0 amide bonds. The van der Waals surface area contributed by atoms with E-state index in [0.29, 0.717) is 5.69 Å². The highest BCUT2D eigenvalue weighted by Gasteiger charge is 2.19. The van der Waals surface area contributed by atoms with Crippen LogP contribution in [0.4, 0.5) is 14.5 Å². The summed E-state index contributed by atoms with van der Waals surface area (Å²) < 4.78 is 29.4. The first-order valence-electron chi connectivity index (χ1n) is 4.93. The first kappa shape index (κ1) is 11.4. The molecule has 90 valence electrons. The zero-order valence-electron chi connectivity index (χ0n) is 9.37. The predicted molar refractivity (Wildman–Crippen MR) is 60.1 cm³/mol. The molecule has 1 heterocycles. The standard InChI is InChI=1S/C11H11F2N3O/c1-6-9(14)11(17)16(15(6)2)10-7(12)4-3-5-8(10)13/h3-5H,14H2,1-2H3. The lowest BCUT2D eigenvalue weighted by atomic mass is 10.3. The van der Waals surface area contributed by atoms with Crippen molar-refractivity contribution in [3.05, 3.63) is 45.9 Å². The topological polar surface area (TPSA) is 53.0 Å². The molecule has 0 aliphatic rings. The molecule has 17 heavy (non-hydrogen) atoms. The van der Waals surface area contributed by atoms with Gasteiger partial charge in [-0.3, -0.25) is 9.48 Å². The molecule has 0 spiro atoms. The maximum Gasteiger partial charge on any atom is 0.295 e. The summed E-state index contributed by atoms with van der Waals surface area (Å²) in [6.07, 6.45) is 0. The van der Waals surface area contributed by atoms with Crippen molar-refractivity contribution in [1.82, 2.24) is 9.36 Å². The number of aromatic nitrogens is 2. The van der Waals surface area contributed by atoms with Gasteiger partial charge in [-0.25, -0.2) is 13.5 Å². The molecule has 0 aliphatic carbocycles. The molecule has 1 aromatic carbocycles. The Hall–Kier alpha value is -2.11. The van der Waals surface area contributed by atoms with E-state index >= 15 is 0 Å². The lowest BCUT2D eigenvalue weighted by Gasteiger charge is -2.09. The molecule has 0 bridgehead atoms. The summed E-state index contributed by atoms with van der Waals surface area (Å²) in [6, 6.07) is 3.41. The zero-order valence-corrected chi connectivity index (χ0v) is 9.37. The van der Waals surface area contributed by atoms with Crippen LogP contribution in [0.2, 0.25) is 0 Å². The third-order valence-corrected chi connectivity index (χ3v) is 2.75. The summed E-state index contributed by atoms with van der Waals surface area (Å²) in [5.41, 5.74) is 4.93. The van der Waals surface area contributed by atoms with Gasteiger partial charge in [-0.05, 0) is 19.1 Å². The van der Waals surface area contributed by atoms with Crippen LogP contribution in [0, 0.1) is 18.6 Å². The van der Waals surface area contributed by atoms with E-state index in [4.69, 9.17) is 5.73 Å². The van der Waals surface area contributed by atoms with Gasteiger partial charge in [0, 0.05) is 7.05 Å². The highest BCUT2D eigenvalue weighted by molar-refractivity contribution is 5.45. The Morgan fingerprint density at radius 1 is 1.24 bits per heavy atom. The molecule has 0 saturated heterocycles. The third-order valence-electron chi connectivity index (χ3n) is 2.75. The number of rotatable bonds is 1. The van der Waals surface area contributed by atoms with Gasteiger partial charge in [-0.15, -0.1) is 0 Å². The molecule has 0 saturated carbocycles. The van der Waals surface area contributed by atoms with Crippen LogP contribution in [-0.4, -0.2) is 9.36 Å². The third kappa shape index (κ3) is 1.52. The molecule has 2 N–H and O–H groups in total. The van der Waals surface area contributed by atoms with Crippen LogP contribution < -0.4 is 11.3 Å². The van der Waals surface area contributed by atoms with Gasteiger partial charge in [0.2, 0.25) is 0 Å². The van der Waals surface area contributed by atoms with Gasteiger partial charge < -0.3 is 5.73 Å². The quantitative estimate of drug-likeness (QED) is 0.816. The number of hydrogen-bond donors (Lipinski definition) is 1. The first-order chi connectivity index (χ1) is 7.95. The van der Waals surface area contributed by atoms with Gasteiger partial charge in [-0.1, -0.05) is 6.07 Å². The molecule has 0 atom stereocenters. The Balaban J connectivity index is 2.87. The van der Waals surface area contributed by atoms with Crippen molar-refractivity contribution in [3.8, 4) is 5.69 Å². The van der Waals surface area contributed by atoms with Gasteiger partial charge in [-0.2, -0.15) is 0 Å². The number of anilines is 1. The van der Waals surface area contributed by atoms with Crippen LogP contribution in [0.25, 0.3) is 5.69 Å². The minimum atomic E-state index is -0.812. The van der Waals surface area contributed by atoms with Crippen molar-refractivity contribution in [1.29, 1.82) is 0 Å². The summed E-state index contributed by atoms with van der Waals surface area (Å²) in [4.78, 5) is 11.8. The van der Waals surface area contributed by atoms with Crippen molar-refractivity contribution in [3.63, 3.8) is 0 Å². The number of halogens is 2. The van der Waals surface area contributed by atoms with E-state index < -0.39 is 22.9 Å². The van der Waals surface area contributed by atoms with E-state index in [1.165, 1.54) is 17.8 Å². The van der Waals surface area contributed by atoms with Crippen molar-refractivity contribution in [2.45, 2.75) is 6.92 Å². The zero-order chi connectivity index (χ0) is 12.7. The second-order valence-corrected chi connectivity index (χ2v) is 3.71. The Morgan fingerprint density at radius 2 is 1.76 bits per heavy atom. The van der Waals surface area contributed by atoms with E-state index in [2.05, 4.69) is 0 Å². The maximum absolute atomic E-state index is 13.6. The monoisotopic (exact) mass is 239 g/mol. The second-order valence-electron chi connectivity index (χ2n) is 3.71. The SMILES string of the molecule is Cc1c(N)c(=O)n(-c2c(F)cccc2F)n1C. The van der Waals surface area contributed by atoms with E-state index in [-0.39, 0.29) is 5.69 Å². The minimum Gasteiger partial charge on any atom is -0.393 e. The molecule has 2 aromatic rings. The van der Waals surface area contributed by atoms with Crippen molar-refractivity contribution < 1.29 is 8.78 Å². The number of hydrogen-bond acceptors (Lipinski definition) is 2. The minimum absolute atomic E-state index is 0.0184. The first-order valence-corrected chi connectivity index (χ1v) is 4.93. The number of nitrogens with two attached hydrogens (primary N) is 1. The van der Waals surface area contributed by atoms with Gasteiger partial charge >= 0.3 is 0 Å². The van der Waals surface area contributed by atoms with Crippen LogP contribution >= 0.6 is 0 Å². The number of nitrogen functional groups attached to an aromatic ring is 1. The summed E-state index contributed by atoms with van der Waals surface area (Å²) in [7, 11) is 1.51. The lowest BCUT2D eigenvalue weighted by Crippen LogP contribution is -2.23. The van der Waals surface area contributed by atoms with Crippen LogP contribution in [-0.2, 0) is 7.05 Å². The largest absolute Gasteiger partial charge is 0.393 e. The number of para-hydroxylation sites is 1. The number of benzene rings is 1. The van der Waals surface area contributed by atoms with Gasteiger partial charge in [0.25, 0.3) is 5.56 Å². The fourth-order valence-corrected chi connectivity index (χ4v) is 1.67. The molecular formula is C11H11F2N3O. The van der Waals surface area contributed by atoms with E-state index in [1.54, 1.807) is 6.92 Å². The average Bonchev–Trinajstić information content (AvgIpc) is 2.46. The van der Waals surface area contributed by atoms with Crippen LogP contribution in [0.5, 0.6) is 0 Å². The highest BCUT2D eigenvalue weighted by atomic mass is 19.1. The van der Waals surface area contributed by atoms with Crippen molar-refractivity contribution >= 4 is 5.69 Å². The van der Waals surface area contributed by atoms with E-state index in [0.717, 1.165) is 16.8 Å². The fraction of sp³-hybridized carbons (Fsp3) is 0.182. The van der Waals surface area contributed by atoms with E-state index in [9.17, 15) is 13.6 Å². The molecule has 6 heteroatoms. The van der Waals surface area contributed by atoms with Crippen molar-refractivity contribution in [2.75, 3.05) is 5.73 Å². The Kier molecular flexibility index (Phi) is 2.49. The summed E-state index contributed by atoms with van der Waals surface area (Å²) >= 11 is 0. The lowest BCUT2D eigenvalue weighted by molar-refractivity contribution is 0.526. The Labute approximate surface area is 95.9 Å². The van der Waals surface area contributed by atoms with Gasteiger partial charge in [0.05, 0.1) is 5.69 Å². The van der Waals surface area contributed by atoms with Crippen LogP contribution in [0.1, 0.15) is 5.69 Å². The number of nitrogens with zero attached hydrogens (tertiary/aromatic N) is 2. The maximum atomic E-state index is 13.6. The van der Waals surface area contributed by atoms with Crippen LogP contribution in [0.15, 0.2) is 23.0 Å². The second kappa shape index (κ2) is 3.73. The molecule has 0 unspecified atom stereocenters. The van der Waals surface area contributed by atoms with Crippen LogP contribution in [0.3, 0.4) is 0 Å². The Bertz CT molecular complexity index is 623. The highest BCUT2D eigenvalue weighted by Crippen LogP contribution is 2.18. The fourth-order valence-electron chi connectivity index (χ4n) is 1.67. The average molecular weight is 239 g/mol. The summed E-state index contributed by atoms with van der Waals surface area (Å²) in [5.74, 6) is -1.62. The van der Waals surface area contributed by atoms with Crippen molar-refractivity contribution in [2.24, 2.45) is 7.05 Å². The summed E-state index contributed by atoms with van der Waals surface area (Å²) in [5, 5.41) is 0. The normalized spacial score (nSPS) is 10.8. The molecule has 0 fully saturated rings. The predicted octanol–water partition coefficient (Wildman–Crippen LogP) is 1.34. The summed E-state index contributed by atoms with van der Waals surface area (Å²) in [6.45, 7) is 1.60. The van der Waals surface area contributed by atoms with Gasteiger partial charge in [0.15, 0.2) is 11.6 Å². The smallest absolute Gasteiger partial charge is 0.295 e. The Morgan fingerprint density at radius 3 is 2.18 bits per heavy atom. The molecule has 0 radical (unpaired) electrons. The molecule has 4 nitrogen and oxygen atoms in total. The molecular weight excluding hydrogens is 228 g/mol.